The standard InChI is InChI=1S/C10H8BrF3O2.C2H6/c1-5-7(9(15)16-2)3-6(11)4-8(5)10(12,13)14;1-2/h3-4H,1-2H3;1-2H3. The Bertz CT molecular complexity index is 428. The highest BCUT2D eigenvalue weighted by molar-refractivity contribution is 9.10. The highest BCUT2D eigenvalue weighted by Gasteiger charge is 2.34. The molecule has 0 saturated carbocycles. The Morgan fingerprint density at radius 1 is 1.28 bits per heavy atom. The minimum absolute atomic E-state index is 0.0933. The van der Waals surface area contributed by atoms with Gasteiger partial charge in [-0.1, -0.05) is 29.8 Å². The molecule has 2 nitrogen and oxygen atoms in total. The van der Waals surface area contributed by atoms with Crippen molar-refractivity contribution in [2.45, 2.75) is 26.9 Å². The second-order valence-corrected chi connectivity index (χ2v) is 4.03. The Morgan fingerprint density at radius 3 is 2.17 bits per heavy atom. The van der Waals surface area contributed by atoms with Gasteiger partial charge in [0.15, 0.2) is 0 Å². The second-order valence-electron chi connectivity index (χ2n) is 3.12. The van der Waals surface area contributed by atoms with E-state index in [1.165, 1.54) is 13.0 Å². The molecule has 6 heteroatoms. The van der Waals surface area contributed by atoms with E-state index in [4.69, 9.17) is 0 Å². The predicted molar refractivity (Wildman–Crippen MR) is 66.6 cm³/mol. The first kappa shape index (κ1) is 17.0. The number of benzene rings is 1. The molecule has 0 aliphatic rings. The Labute approximate surface area is 112 Å². The third-order valence-corrected chi connectivity index (χ3v) is 2.54. The van der Waals surface area contributed by atoms with Crippen LogP contribution in [0.25, 0.3) is 0 Å². The molecule has 0 heterocycles. The molecule has 18 heavy (non-hydrogen) atoms. The molecule has 0 bridgehead atoms. The topological polar surface area (TPSA) is 26.3 Å². The Kier molecular flexibility index (Phi) is 6.38. The summed E-state index contributed by atoms with van der Waals surface area (Å²) in [6.45, 7) is 5.24. The zero-order valence-corrected chi connectivity index (χ0v) is 12.1. The lowest BCUT2D eigenvalue weighted by atomic mass is 10.0. The minimum Gasteiger partial charge on any atom is -0.465 e. The fourth-order valence-electron chi connectivity index (χ4n) is 1.30. The summed E-state index contributed by atoms with van der Waals surface area (Å²) in [6, 6.07) is 2.23. The summed E-state index contributed by atoms with van der Waals surface area (Å²) in [7, 11) is 1.12. The van der Waals surface area contributed by atoms with Crippen molar-refractivity contribution in [1.29, 1.82) is 0 Å². The van der Waals surface area contributed by atoms with Gasteiger partial charge in [0.1, 0.15) is 0 Å². The molecule has 0 N–H and O–H groups in total. The van der Waals surface area contributed by atoms with Gasteiger partial charge in [-0.25, -0.2) is 4.79 Å². The maximum absolute atomic E-state index is 12.6. The average Bonchev–Trinajstić information content (AvgIpc) is 2.32. The Balaban J connectivity index is 0.00000137. The van der Waals surface area contributed by atoms with Crippen molar-refractivity contribution in [3.63, 3.8) is 0 Å². The van der Waals surface area contributed by atoms with Gasteiger partial charge in [-0.15, -0.1) is 0 Å². The van der Waals surface area contributed by atoms with E-state index < -0.39 is 17.7 Å². The molecule has 1 rings (SSSR count). The molecule has 0 amide bonds. The Hall–Kier alpha value is -1.04. The van der Waals surface area contributed by atoms with Gasteiger partial charge in [0.05, 0.1) is 18.2 Å². The maximum Gasteiger partial charge on any atom is 0.416 e. The molecule has 0 atom stereocenters. The molecule has 0 radical (unpaired) electrons. The molecule has 102 valence electrons. The summed E-state index contributed by atoms with van der Waals surface area (Å²) < 4.78 is 42.4. The van der Waals surface area contributed by atoms with Crippen LogP contribution in [0, 0.1) is 6.92 Å². The number of rotatable bonds is 1. The fourth-order valence-corrected chi connectivity index (χ4v) is 1.75. The van der Waals surface area contributed by atoms with Crippen LogP contribution in [0.15, 0.2) is 16.6 Å². The molecule has 1 aromatic rings. The van der Waals surface area contributed by atoms with E-state index in [0.29, 0.717) is 0 Å². The zero-order valence-electron chi connectivity index (χ0n) is 10.5. The molecule has 1 aromatic carbocycles. The zero-order chi connectivity index (χ0) is 14.5. The first-order valence-corrected chi connectivity index (χ1v) is 6.02. The number of methoxy groups -OCH3 is 1. The van der Waals surface area contributed by atoms with E-state index in [9.17, 15) is 18.0 Å². The van der Waals surface area contributed by atoms with Crippen molar-refractivity contribution in [2.75, 3.05) is 7.11 Å². The summed E-state index contributed by atoms with van der Waals surface area (Å²) in [4.78, 5) is 11.3. The summed E-state index contributed by atoms with van der Waals surface area (Å²) in [6.07, 6.45) is -4.49. The van der Waals surface area contributed by atoms with E-state index >= 15 is 0 Å². The minimum atomic E-state index is -4.49. The number of ether oxygens (including phenoxy) is 1. The molecule has 0 unspecified atom stereocenters. The number of hydrogen-bond donors (Lipinski definition) is 0. The first-order chi connectivity index (χ1) is 8.27. The smallest absolute Gasteiger partial charge is 0.416 e. The van der Waals surface area contributed by atoms with E-state index in [2.05, 4.69) is 20.7 Å². The molecule has 0 aromatic heterocycles. The van der Waals surface area contributed by atoms with Gasteiger partial charge >= 0.3 is 12.1 Å². The van der Waals surface area contributed by atoms with Crippen LogP contribution in [0.5, 0.6) is 0 Å². The van der Waals surface area contributed by atoms with Crippen LogP contribution >= 0.6 is 15.9 Å². The van der Waals surface area contributed by atoms with E-state index in [1.807, 2.05) is 13.8 Å². The lowest BCUT2D eigenvalue weighted by molar-refractivity contribution is -0.138. The van der Waals surface area contributed by atoms with Gasteiger partial charge < -0.3 is 4.74 Å². The molecule has 0 fully saturated rings. The molecular formula is C12H14BrF3O2. The fraction of sp³-hybridized carbons (Fsp3) is 0.417. The van der Waals surface area contributed by atoms with Crippen molar-refractivity contribution in [3.8, 4) is 0 Å². The van der Waals surface area contributed by atoms with Crippen LogP contribution in [0.2, 0.25) is 0 Å². The van der Waals surface area contributed by atoms with Crippen molar-refractivity contribution < 1.29 is 22.7 Å². The summed E-state index contributed by atoms with van der Waals surface area (Å²) in [5.74, 6) is -0.788. The maximum atomic E-state index is 12.6. The third-order valence-electron chi connectivity index (χ3n) is 2.08. The number of halogens is 4. The summed E-state index contributed by atoms with van der Waals surface area (Å²) >= 11 is 2.93. The van der Waals surface area contributed by atoms with Gasteiger partial charge in [0.2, 0.25) is 0 Å². The highest BCUT2D eigenvalue weighted by atomic mass is 79.9. The number of alkyl halides is 3. The number of carbonyl (C=O) groups is 1. The van der Waals surface area contributed by atoms with Gasteiger partial charge in [-0.05, 0) is 24.6 Å². The summed E-state index contributed by atoms with van der Waals surface area (Å²) in [5, 5.41) is 0. The normalized spacial score (nSPS) is 10.4. The van der Waals surface area contributed by atoms with Crippen LogP contribution < -0.4 is 0 Å². The van der Waals surface area contributed by atoms with Crippen LogP contribution in [0.4, 0.5) is 13.2 Å². The molecule has 0 saturated heterocycles. The van der Waals surface area contributed by atoms with Crippen molar-refractivity contribution in [2.24, 2.45) is 0 Å². The highest BCUT2D eigenvalue weighted by Crippen LogP contribution is 2.35. The molecule has 0 spiro atoms. The molecular weight excluding hydrogens is 313 g/mol. The van der Waals surface area contributed by atoms with Crippen LogP contribution in [-0.4, -0.2) is 13.1 Å². The van der Waals surface area contributed by atoms with Crippen LogP contribution in [0.1, 0.15) is 35.3 Å². The molecule has 0 aliphatic carbocycles. The lowest BCUT2D eigenvalue weighted by Crippen LogP contribution is -2.12. The SMILES string of the molecule is CC.COC(=O)c1cc(Br)cc(C(F)(F)F)c1C. The third kappa shape index (κ3) is 4.01. The second kappa shape index (κ2) is 6.78. The van der Waals surface area contributed by atoms with Gasteiger partial charge in [0.25, 0.3) is 0 Å². The van der Waals surface area contributed by atoms with Gasteiger partial charge in [0, 0.05) is 4.47 Å². The number of esters is 1. The first-order valence-electron chi connectivity index (χ1n) is 5.23. The lowest BCUT2D eigenvalue weighted by Gasteiger charge is -2.13. The predicted octanol–water partition coefficient (Wildman–Crippen LogP) is 4.59. The van der Waals surface area contributed by atoms with E-state index in [0.717, 1.165) is 13.2 Å². The number of carbonyl (C=O) groups excluding carboxylic acids is 1. The van der Waals surface area contributed by atoms with Crippen molar-refractivity contribution in [1.82, 2.24) is 0 Å². The van der Waals surface area contributed by atoms with Crippen molar-refractivity contribution >= 4 is 21.9 Å². The quantitative estimate of drug-likeness (QED) is 0.705. The van der Waals surface area contributed by atoms with E-state index in [-0.39, 0.29) is 15.6 Å². The van der Waals surface area contributed by atoms with E-state index in [1.54, 1.807) is 0 Å². The van der Waals surface area contributed by atoms with Crippen LogP contribution in [-0.2, 0) is 10.9 Å². The number of hydrogen-bond acceptors (Lipinski definition) is 2. The molecule has 0 aliphatic heterocycles. The van der Waals surface area contributed by atoms with Gasteiger partial charge in [-0.3, -0.25) is 0 Å². The summed E-state index contributed by atoms with van der Waals surface area (Å²) in [5.41, 5.74) is -1.07. The monoisotopic (exact) mass is 326 g/mol. The average molecular weight is 327 g/mol. The van der Waals surface area contributed by atoms with Gasteiger partial charge in [-0.2, -0.15) is 13.2 Å². The Morgan fingerprint density at radius 2 is 1.78 bits per heavy atom. The van der Waals surface area contributed by atoms with Crippen molar-refractivity contribution in [3.05, 3.63) is 33.3 Å². The van der Waals surface area contributed by atoms with Crippen LogP contribution in [0.3, 0.4) is 0 Å². The largest absolute Gasteiger partial charge is 0.465 e.